The van der Waals surface area contributed by atoms with Crippen LogP contribution in [0.5, 0.6) is 5.75 Å². The first kappa shape index (κ1) is 15.4. The van der Waals surface area contributed by atoms with E-state index < -0.39 is 15.8 Å². The van der Waals surface area contributed by atoms with Crippen LogP contribution in [-0.2, 0) is 10.0 Å². The minimum absolute atomic E-state index is 0.0597. The molecule has 21 heavy (non-hydrogen) atoms. The molecule has 0 saturated carbocycles. The second-order valence-electron chi connectivity index (χ2n) is 4.14. The number of hydrogen-bond donors (Lipinski definition) is 2. The SMILES string of the molecule is COc1cc(N)ccc1S(=O)(=O)Nc1cc(F)ccc1Cl. The molecule has 0 aliphatic rings. The van der Waals surface area contributed by atoms with Gasteiger partial charge in [-0.25, -0.2) is 12.8 Å². The summed E-state index contributed by atoms with van der Waals surface area (Å²) in [5.74, 6) is -0.531. The molecule has 112 valence electrons. The molecule has 2 aromatic rings. The van der Waals surface area contributed by atoms with Crippen molar-refractivity contribution < 1.29 is 17.5 Å². The van der Waals surface area contributed by atoms with E-state index in [1.54, 1.807) is 0 Å². The van der Waals surface area contributed by atoms with Crippen molar-refractivity contribution in [2.24, 2.45) is 0 Å². The molecular weight excluding hydrogens is 319 g/mol. The molecule has 5 nitrogen and oxygen atoms in total. The number of nitrogens with two attached hydrogens (primary N) is 1. The number of hydrogen-bond acceptors (Lipinski definition) is 4. The fraction of sp³-hybridized carbons (Fsp3) is 0.0769. The molecule has 0 spiro atoms. The quantitative estimate of drug-likeness (QED) is 0.845. The Morgan fingerprint density at radius 1 is 1.24 bits per heavy atom. The second-order valence-corrected chi connectivity index (χ2v) is 6.20. The maximum absolute atomic E-state index is 13.2. The number of sulfonamides is 1. The van der Waals surface area contributed by atoms with Gasteiger partial charge < -0.3 is 10.5 Å². The zero-order valence-electron chi connectivity index (χ0n) is 10.9. The molecule has 0 heterocycles. The summed E-state index contributed by atoms with van der Waals surface area (Å²) in [5.41, 5.74) is 5.87. The van der Waals surface area contributed by atoms with E-state index in [0.29, 0.717) is 5.69 Å². The van der Waals surface area contributed by atoms with Crippen LogP contribution in [0.3, 0.4) is 0 Å². The van der Waals surface area contributed by atoms with Crippen LogP contribution in [0.2, 0.25) is 5.02 Å². The van der Waals surface area contributed by atoms with Gasteiger partial charge in [0.15, 0.2) is 0 Å². The smallest absolute Gasteiger partial charge is 0.265 e. The van der Waals surface area contributed by atoms with Crippen LogP contribution in [0.4, 0.5) is 15.8 Å². The van der Waals surface area contributed by atoms with E-state index in [1.165, 1.54) is 31.4 Å². The Hall–Kier alpha value is -1.99. The summed E-state index contributed by atoms with van der Waals surface area (Å²) < 4.78 is 45.1. The molecule has 0 unspecified atom stereocenters. The van der Waals surface area contributed by atoms with Crippen molar-refractivity contribution in [1.29, 1.82) is 0 Å². The van der Waals surface area contributed by atoms with Gasteiger partial charge in [0.1, 0.15) is 16.5 Å². The lowest BCUT2D eigenvalue weighted by atomic mass is 10.3. The van der Waals surface area contributed by atoms with E-state index in [0.717, 1.165) is 12.1 Å². The molecular formula is C13H12ClFN2O3S. The van der Waals surface area contributed by atoms with Gasteiger partial charge in [0.05, 0.1) is 17.8 Å². The molecule has 3 N–H and O–H groups in total. The Labute approximate surface area is 126 Å². The van der Waals surface area contributed by atoms with Gasteiger partial charge in [0.2, 0.25) is 0 Å². The maximum Gasteiger partial charge on any atom is 0.265 e. The second kappa shape index (κ2) is 5.79. The van der Waals surface area contributed by atoms with Crippen molar-refractivity contribution in [2.75, 3.05) is 17.6 Å². The molecule has 0 atom stereocenters. The highest BCUT2D eigenvalue weighted by Crippen LogP contribution is 2.30. The molecule has 0 amide bonds. The number of methoxy groups -OCH3 is 1. The van der Waals surface area contributed by atoms with Crippen LogP contribution in [0.1, 0.15) is 0 Å². The zero-order valence-corrected chi connectivity index (χ0v) is 12.5. The van der Waals surface area contributed by atoms with Gasteiger partial charge in [0, 0.05) is 11.8 Å². The normalized spacial score (nSPS) is 11.2. The third kappa shape index (κ3) is 3.37. The van der Waals surface area contributed by atoms with E-state index in [1.807, 2.05) is 0 Å². The third-order valence-electron chi connectivity index (χ3n) is 2.65. The monoisotopic (exact) mass is 330 g/mol. The minimum Gasteiger partial charge on any atom is -0.495 e. The summed E-state index contributed by atoms with van der Waals surface area (Å²) in [4.78, 5) is -0.125. The van der Waals surface area contributed by atoms with Crippen LogP contribution in [-0.4, -0.2) is 15.5 Å². The van der Waals surface area contributed by atoms with Gasteiger partial charge in [0.25, 0.3) is 10.0 Å². The van der Waals surface area contributed by atoms with E-state index in [2.05, 4.69) is 4.72 Å². The lowest BCUT2D eigenvalue weighted by Crippen LogP contribution is -2.14. The summed E-state index contributed by atoms with van der Waals surface area (Å²) in [7, 11) is -2.67. The van der Waals surface area contributed by atoms with E-state index in [-0.39, 0.29) is 21.4 Å². The summed E-state index contributed by atoms with van der Waals surface area (Å²) in [5, 5.41) is 0.0781. The van der Waals surface area contributed by atoms with Crippen molar-refractivity contribution in [2.45, 2.75) is 4.90 Å². The van der Waals surface area contributed by atoms with Crippen molar-refractivity contribution in [1.82, 2.24) is 0 Å². The summed E-state index contributed by atoms with van der Waals surface area (Å²) in [6.07, 6.45) is 0. The number of nitrogen functional groups attached to an aromatic ring is 1. The van der Waals surface area contributed by atoms with E-state index in [9.17, 15) is 12.8 Å². The molecule has 0 aliphatic carbocycles. The number of rotatable bonds is 4. The number of ether oxygens (including phenoxy) is 1. The average molecular weight is 331 g/mol. The summed E-state index contributed by atoms with van der Waals surface area (Å²) in [6.45, 7) is 0. The predicted molar refractivity (Wildman–Crippen MR) is 79.6 cm³/mol. The van der Waals surface area contributed by atoms with E-state index >= 15 is 0 Å². The van der Waals surface area contributed by atoms with Gasteiger partial charge in [-0.05, 0) is 30.3 Å². The molecule has 8 heteroatoms. The van der Waals surface area contributed by atoms with Crippen LogP contribution in [0.15, 0.2) is 41.3 Å². The summed E-state index contributed by atoms with van der Waals surface area (Å²) in [6, 6.07) is 7.47. The molecule has 0 bridgehead atoms. The minimum atomic E-state index is -3.99. The fourth-order valence-electron chi connectivity index (χ4n) is 1.68. The predicted octanol–water partition coefficient (Wildman–Crippen LogP) is 2.87. The van der Waals surface area contributed by atoms with Gasteiger partial charge in [-0.2, -0.15) is 0 Å². The van der Waals surface area contributed by atoms with Crippen molar-refractivity contribution in [3.63, 3.8) is 0 Å². The number of benzene rings is 2. The van der Waals surface area contributed by atoms with Crippen LogP contribution in [0, 0.1) is 5.82 Å². The lowest BCUT2D eigenvalue weighted by Gasteiger charge is -2.13. The first-order chi connectivity index (χ1) is 9.83. The summed E-state index contributed by atoms with van der Waals surface area (Å²) >= 11 is 5.84. The average Bonchev–Trinajstić information content (AvgIpc) is 2.42. The van der Waals surface area contributed by atoms with Gasteiger partial charge in [-0.15, -0.1) is 0 Å². The molecule has 0 fully saturated rings. The third-order valence-corrected chi connectivity index (χ3v) is 4.38. The number of anilines is 2. The molecule has 0 aromatic heterocycles. The molecule has 0 radical (unpaired) electrons. The maximum atomic E-state index is 13.2. The Kier molecular flexibility index (Phi) is 4.24. The van der Waals surface area contributed by atoms with Crippen LogP contribution < -0.4 is 15.2 Å². The first-order valence-corrected chi connectivity index (χ1v) is 7.61. The standard InChI is InChI=1S/C13H12ClFN2O3S/c1-20-12-7-9(16)3-5-13(12)21(18,19)17-11-6-8(15)2-4-10(11)14/h2-7,17H,16H2,1H3. The Balaban J connectivity index is 2.46. The topological polar surface area (TPSA) is 81.4 Å². The van der Waals surface area contributed by atoms with Gasteiger partial charge >= 0.3 is 0 Å². The Morgan fingerprint density at radius 3 is 2.62 bits per heavy atom. The van der Waals surface area contributed by atoms with Crippen molar-refractivity contribution >= 4 is 33.0 Å². The van der Waals surface area contributed by atoms with Crippen LogP contribution in [0.25, 0.3) is 0 Å². The van der Waals surface area contributed by atoms with Crippen LogP contribution >= 0.6 is 11.6 Å². The van der Waals surface area contributed by atoms with Gasteiger partial charge in [-0.3, -0.25) is 4.72 Å². The Bertz CT molecular complexity index is 781. The number of halogens is 2. The Morgan fingerprint density at radius 2 is 1.95 bits per heavy atom. The van der Waals surface area contributed by atoms with Crippen molar-refractivity contribution in [3.8, 4) is 5.75 Å². The molecule has 2 aromatic carbocycles. The molecule has 2 rings (SSSR count). The number of nitrogens with one attached hydrogen (secondary N) is 1. The largest absolute Gasteiger partial charge is 0.495 e. The fourth-order valence-corrected chi connectivity index (χ4v) is 3.13. The highest BCUT2D eigenvalue weighted by molar-refractivity contribution is 7.92. The highest BCUT2D eigenvalue weighted by atomic mass is 35.5. The van der Waals surface area contributed by atoms with Gasteiger partial charge in [-0.1, -0.05) is 11.6 Å². The van der Waals surface area contributed by atoms with Crippen molar-refractivity contribution in [3.05, 3.63) is 47.2 Å². The zero-order chi connectivity index (χ0) is 15.6. The molecule has 0 aliphatic heterocycles. The molecule has 0 saturated heterocycles. The first-order valence-electron chi connectivity index (χ1n) is 5.75. The lowest BCUT2D eigenvalue weighted by molar-refractivity contribution is 0.403. The highest BCUT2D eigenvalue weighted by Gasteiger charge is 2.21. The van der Waals surface area contributed by atoms with E-state index in [4.69, 9.17) is 22.1 Å².